The lowest BCUT2D eigenvalue weighted by atomic mass is 9.94. The second-order valence-corrected chi connectivity index (χ2v) is 9.24. The quantitative estimate of drug-likeness (QED) is 0.800. The van der Waals surface area contributed by atoms with Crippen LogP contribution in [0.1, 0.15) is 56.3 Å². The summed E-state index contributed by atoms with van der Waals surface area (Å²) in [5.74, 6) is -0.283. The molecule has 1 aliphatic carbocycles. The van der Waals surface area contributed by atoms with Gasteiger partial charge in [0.2, 0.25) is 10.0 Å². The van der Waals surface area contributed by atoms with Crippen molar-refractivity contribution in [2.45, 2.75) is 62.9 Å². The van der Waals surface area contributed by atoms with Crippen LogP contribution in [0.2, 0.25) is 10.0 Å². The highest BCUT2D eigenvalue weighted by atomic mass is 35.5. The maximum atomic E-state index is 12.9. The summed E-state index contributed by atoms with van der Waals surface area (Å²) in [4.78, 5) is 14.4. The zero-order chi connectivity index (χ0) is 18.8. The molecule has 1 amide bonds. The molecule has 0 unspecified atom stereocenters. The minimum atomic E-state index is -3.82. The van der Waals surface area contributed by atoms with E-state index in [4.69, 9.17) is 23.2 Å². The van der Waals surface area contributed by atoms with E-state index in [1.807, 2.05) is 0 Å². The van der Waals surface area contributed by atoms with Crippen LogP contribution in [0.3, 0.4) is 0 Å². The maximum absolute atomic E-state index is 12.9. The number of nitrogens with zero attached hydrogens (tertiary/aromatic N) is 1. The molecule has 0 atom stereocenters. The van der Waals surface area contributed by atoms with Crippen molar-refractivity contribution in [1.29, 1.82) is 0 Å². The van der Waals surface area contributed by atoms with Crippen LogP contribution < -0.4 is 4.72 Å². The van der Waals surface area contributed by atoms with Crippen LogP contribution in [0.4, 0.5) is 0 Å². The van der Waals surface area contributed by atoms with Gasteiger partial charge in [-0.3, -0.25) is 4.79 Å². The van der Waals surface area contributed by atoms with Crippen molar-refractivity contribution in [3.8, 4) is 0 Å². The van der Waals surface area contributed by atoms with Gasteiger partial charge in [0.05, 0.1) is 15.6 Å². The first-order chi connectivity index (χ1) is 11.6. The molecule has 0 aliphatic heterocycles. The van der Waals surface area contributed by atoms with Gasteiger partial charge in [-0.05, 0) is 38.8 Å². The first-order valence-corrected chi connectivity index (χ1v) is 10.7. The van der Waals surface area contributed by atoms with E-state index in [1.165, 1.54) is 18.6 Å². The topological polar surface area (TPSA) is 66.5 Å². The smallest absolute Gasteiger partial charge is 0.255 e. The number of carbonyl (C=O) groups excluding carboxylic acids is 1. The number of hydrogen-bond acceptors (Lipinski definition) is 3. The van der Waals surface area contributed by atoms with Crippen molar-refractivity contribution in [3.05, 3.63) is 27.7 Å². The molecule has 1 saturated carbocycles. The highest BCUT2D eigenvalue weighted by Crippen LogP contribution is 2.31. The molecule has 1 fully saturated rings. The van der Waals surface area contributed by atoms with Gasteiger partial charge in [0, 0.05) is 19.1 Å². The van der Waals surface area contributed by atoms with E-state index < -0.39 is 10.0 Å². The summed E-state index contributed by atoms with van der Waals surface area (Å²) in [6, 6.07) is 2.46. The predicted octanol–water partition coefficient (Wildman–Crippen LogP) is 4.08. The normalized spacial score (nSPS) is 16.2. The standard InChI is InChI=1S/C17H24Cl2N2O3S/c1-11(2)20-25(23,24)16-9-13(14(18)10-15(16)19)17(22)21(3)12-7-5-4-6-8-12/h9-12,20H,4-8H2,1-3H3. The summed E-state index contributed by atoms with van der Waals surface area (Å²) in [6.07, 6.45) is 5.27. The molecule has 0 spiro atoms. The Morgan fingerprint density at radius 2 is 1.76 bits per heavy atom. The van der Waals surface area contributed by atoms with Gasteiger partial charge < -0.3 is 4.90 Å². The average molecular weight is 407 g/mol. The highest BCUT2D eigenvalue weighted by Gasteiger charge is 2.27. The maximum Gasteiger partial charge on any atom is 0.255 e. The SMILES string of the molecule is CC(C)NS(=O)(=O)c1cc(C(=O)N(C)C2CCCCC2)c(Cl)cc1Cl. The molecule has 25 heavy (non-hydrogen) atoms. The van der Waals surface area contributed by atoms with Crippen LogP contribution >= 0.6 is 23.2 Å². The monoisotopic (exact) mass is 406 g/mol. The molecule has 0 aromatic heterocycles. The van der Waals surface area contributed by atoms with Gasteiger partial charge in [0.1, 0.15) is 4.90 Å². The van der Waals surface area contributed by atoms with Crippen molar-refractivity contribution in [2.24, 2.45) is 0 Å². The summed E-state index contributed by atoms with van der Waals surface area (Å²) in [6.45, 7) is 3.43. The van der Waals surface area contributed by atoms with Crippen molar-refractivity contribution < 1.29 is 13.2 Å². The van der Waals surface area contributed by atoms with Gasteiger partial charge in [0.15, 0.2) is 0 Å². The summed E-state index contributed by atoms with van der Waals surface area (Å²) >= 11 is 12.3. The zero-order valence-electron chi connectivity index (χ0n) is 14.7. The minimum absolute atomic E-state index is 0.00461. The Morgan fingerprint density at radius 1 is 1.16 bits per heavy atom. The number of carbonyl (C=O) groups is 1. The molecule has 8 heteroatoms. The van der Waals surface area contributed by atoms with Gasteiger partial charge in [-0.2, -0.15) is 0 Å². The molecule has 1 aromatic rings. The molecule has 1 aromatic carbocycles. The Bertz CT molecular complexity index is 745. The fourth-order valence-electron chi connectivity index (χ4n) is 3.10. The van der Waals surface area contributed by atoms with E-state index >= 15 is 0 Å². The second-order valence-electron chi connectivity index (χ2n) is 6.75. The number of halogens is 2. The molecule has 0 heterocycles. The summed E-state index contributed by atoms with van der Waals surface area (Å²) in [5, 5.41) is 0.149. The van der Waals surface area contributed by atoms with Crippen LogP contribution in [0.15, 0.2) is 17.0 Å². The number of nitrogens with one attached hydrogen (secondary N) is 1. The van der Waals surface area contributed by atoms with Crippen LogP contribution in [-0.2, 0) is 10.0 Å². The molecule has 140 valence electrons. The second kappa shape index (κ2) is 8.25. The van der Waals surface area contributed by atoms with Crippen LogP contribution in [0.25, 0.3) is 0 Å². The lowest BCUT2D eigenvalue weighted by molar-refractivity contribution is 0.0696. The number of amides is 1. The van der Waals surface area contributed by atoms with Crippen molar-refractivity contribution in [2.75, 3.05) is 7.05 Å². The van der Waals surface area contributed by atoms with Crippen LogP contribution in [-0.4, -0.2) is 38.4 Å². The molecular formula is C17H24Cl2N2O3S. The number of benzene rings is 1. The molecule has 5 nitrogen and oxygen atoms in total. The van der Waals surface area contributed by atoms with Crippen LogP contribution in [0, 0.1) is 0 Å². The van der Waals surface area contributed by atoms with Gasteiger partial charge >= 0.3 is 0 Å². The highest BCUT2D eigenvalue weighted by molar-refractivity contribution is 7.89. The first kappa shape index (κ1) is 20.5. The van der Waals surface area contributed by atoms with Crippen molar-refractivity contribution in [1.82, 2.24) is 9.62 Å². The molecule has 2 rings (SSSR count). The Hall–Kier alpha value is -0.820. The van der Waals surface area contributed by atoms with Gasteiger partial charge in [-0.1, -0.05) is 42.5 Å². The van der Waals surface area contributed by atoms with Crippen molar-refractivity contribution in [3.63, 3.8) is 0 Å². The minimum Gasteiger partial charge on any atom is -0.339 e. The third kappa shape index (κ3) is 4.88. The number of rotatable bonds is 5. The lowest BCUT2D eigenvalue weighted by Crippen LogP contribution is -2.38. The lowest BCUT2D eigenvalue weighted by Gasteiger charge is -2.31. The molecular weight excluding hydrogens is 383 g/mol. The van der Waals surface area contributed by atoms with E-state index in [-0.39, 0.29) is 38.5 Å². The molecule has 0 radical (unpaired) electrons. The summed E-state index contributed by atoms with van der Waals surface area (Å²) in [5.41, 5.74) is 0.156. The van der Waals surface area contributed by atoms with Crippen molar-refractivity contribution >= 4 is 39.1 Å². The Labute approximate surface area is 159 Å². The zero-order valence-corrected chi connectivity index (χ0v) is 17.0. The molecule has 0 saturated heterocycles. The Balaban J connectivity index is 2.37. The predicted molar refractivity (Wildman–Crippen MR) is 101 cm³/mol. The molecule has 0 bridgehead atoms. The Kier molecular flexibility index (Phi) is 6.76. The third-order valence-corrected chi connectivity index (χ3v) is 6.81. The fraction of sp³-hybridized carbons (Fsp3) is 0.588. The van der Waals surface area contributed by atoms with Gasteiger partial charge in [0.25, 0.3) is 5.91 Å². The fourth-order valence-corrected chi connectivity index (χ4v) is 5.20. The number of sulfonamides is 1. The van der Waals surface area contributed by atoms with Gasteiger partial charge in [-0.25, -0.2) is 13.1 Å². The van der Waals surface area contributed by atoms with E-state index in [2.05, 4.69) is 4.72 Å². The van der Waals surface area contributed by atoms with E-state index in [1.54, 1.807) is 25.8 Å². The third-order valence-electron chi connectivity index (χ3n) is 4.38. The average Bonchev–Trinajstić information content (AvgIpc) is 2.53. The first-order valence-electron chi connectivity index (χ1n) is 8.42. The summed E-state index contributed by atoms with van der Waals surface area (Å²) in [7, 11) is -2.08. The van der Waals surface area contributed by atoms with E-state index in [0.717, 1.165) is 25.7 Å². The molecule has 1 aliphatic rings. The van der Waals surface area contributed by atoms with E-state index in [9.17, 15) is 13.2 Å². The molecule has 1 N–H and O–H groups in total. The largest absolute Gasteiger partial charge is 0.339 e. The summed E-state index contributed by atoms with van der Waals surface area (Å²) < 4.78 is 27.4. The van der Waals surface area contributed by atoms with Gasteiger partial charge in [-0.15, -0.1) is 0 Å². The Morgan fingerprint density at radius 3 is 2.32 bits per heavy atom. The van der Waals surface area contributed by atoms with Crippen LogP contribution in [0.5, 0.6) is 0 Å². The van der Waals surface area contributed by atoms with E-state index in [0.29, 0.717) is 0 Å². The number of hydrogen-bond donors (Lipinski definition) is 1.